The molecule has 1 aromatic carbocycles. The standard InChI is InChI=1S/C16H23N3O2/c1-11(2)17-15(20)14-9-6-10-19(14)16(21)18-13-8-5-4-7-12(13)3/h4-5,7-8,11,14H,6,9-10H2,1-3H3,(H,17,20)(H,18,21)/t14-/m0/s1. The zero-order chi connectivity index (χ0) is 15.4. The van der Waals surface area contributed by atoms with Crippen molar-refractivity contribution in [1.82, 2.24) is 10.2 Å². The van der Waals surface area contributed by atoms with Crippen LogP contribution in [0.4, 0.5) is 10.5 Å². The van der Waals surface area contributed by atoms with E-state index in [1.54, 1.807) is 4.90 Å². The van der Waals surface area contributed by atoms with Gasteiger partial charge < -0.3 is 15.5 Å². The zero-order valence-electron chi connectivity index (χ0n) is 12.8. The number of para-hydroxylation sites is 1. The van der Waals surface area contributed by atoms with Gasteiger partial charge in [0.15, 0.2) is 0 Å². The molecule has 0 aliphatic carbocycles. The number of carbonyl (C=O) groups excluding carboxylic acids is 2. The Kier molecular flexibility index (Phi) is 4.83. The van der Waals surface area contributed by atoms with Gasteiger partial charge in [-0.1, -0.05) is 18.2 Å². The van der Waals surface area contributed by atoms with Gasteiger partial charge in [-0.15, -0.1) is 0 Å². The highest BCUT2D eigenvalue weighted by atomic mass is 16.2. The average Bonchev–Trinajstić information content (AvgIpc) is 2.90. The number of hydrogen-bond acceptors (Lipinski definition) is 2. The van der Waals surface area contributed by atoms with E-state index in [1.807, 2.05) is 45.0 Å². The number of anilines is 1. The molecule has 21 heavy (non-hydrogen) atoms. The quantitative estimate of drug-likeness (QED) is 0.898. The monoisotopic (exact) mass is 289 g/mol. The Bertz CT molecular complexity index is 528. The van der Waals surface area contributed by atoms with Gasteiger partial charge >= 0.3 is 6.03 Å². The highest BCUT2D eigenvalue weighted by Gasteiger charge is 2.34. The lowest BCUT2D eigenvalue weighted by molar-refractivity contribution is -0.125. The topological polar surface area (TPSA) is 61.4 Å². The normalized spacial score (nSPS) is 17.9. The van der Waals surface area contributed by atoms with Gasteiger partial charge in [0, 0.05) is 18.3 Å². The van der Waals surface area contributed by atoms with Crippen molar-refractivity contribution in [1.29, 1.82) is 0 Å². The summed E-state index contributed by atoms with van der Waals surface area (Å²) in [6.45, 7) is 6.41. The summed E-state index contributed by atoms with van der Waals surface area (Å²) >= 11 is 0. The lowest BCUT2D eigenvalue weighted by atomic mass is 10.2. The van der Waals surface area contributed by atoms with Crippen LogP contribution in [-0.2, 0) is 4.79 Å². The van der Waals surface area contributed by atoms with Crippen LogP contribution in [0.3, 0.4) is 0 Å². The molecule has 2 N–H and O–H groups in total. The van der Waals surface area contributed by atoms with E-state index in [0.717, 1.165) is 24.1 Å². The Labute approximate surface area is 125 Å². The molecular formula is C16H23N3O2. The number of urea groups is 1. The van der Waals surface area contributed by atoms with Gasteiger partial charge in [-0.05, 0) is 45.2 Å². The van der Waals surface area contributed by atoms with E-state index in [-0.39, 0.29) is 24.0 Å². The Morgan fingerprint density at radius 2 is 2.00 bits per heavy atom. The van der Waals surface area contributed by atoms with Crippen LogP contribution >= 0.6 is 0 Å². The first-order chi connectivity index (χ1) is 9.99. The second-order valence-electron chi connectivity index (χ2n) is 5.76. The molecular weight excluding hydrogens is 266 g/mol. The number of carbonyl (C=O) groups is 2. The molecule has 2 rings (SSSR count). The SMILES string of the molecule is Cc1ccccc1NC(=O)N1CCC[C@H]1C(=O)NC(C)C. The number of nitrogens with one attached hydrogen (secondary N) is 2. The second-order valence-corrected chi connectivity index (χ2v) is 5.76. The molecule has 1 heterocycles. The number of amides is 3. The molecule has 1 aliphatic rings. The number of benzene rings is 1. The Hall–Kier alpha value is -2.04. The molecule has 5 nitrogen and oxygen atoms in total. The molecule has 3 amide bonds. The summed E-state index contributed by atoms with van der Waals surface area (Å²) in [7, 11) is 0. The van der Waals surface area contributed by atoms with Gasteiger partial charge in [-0.3, -0.25) is 4.79 Å². The Morgan fingerprint density at radius 3 is 2.67 bits per heavy atom. The molecule has 114 valence electrons. The molecule has 0 radical (unpaired) electrons. The van der Waals surface area contributed by atoms with Crippen LogP contribution in [0.15, 0.2) is 24.3 Å². The summed E-state index contributed by atoms with van der Waals surface area (Å²) in [5.41, 5.74) is 1.80. The molecule has 0 aromatic heterocycles. The van der Waals surface area contributed by atoms with Gasteiger partial charge in [0.1, 0.15) is 6.04 Å². The smallest absolute Gasteiger partial charge is 0.322 e. The van der Waals surface area contributed by atoms with Crippen molar-refractivity contribution in [2.45, 2.75) is 45.7 Å². The minimum absolute atomic E-state index is 0.0672. The first-order valence-corrected chi connectivity index (χ1v) is 7.42. The van der Waals surface area contributed by atoms with Crippen molar-refractivity contribution in [2.75, 3.05) is 11.9 Å². The molecule has 0 bridgehead atoms. The van der Waals surface area contributed by atoms with Crippen molar-refractivity contribution in [3.63, 3.8) is 0 Å². The lowest BCUT2D eigenvalue weighted by Gasteiger charge is -2.25. The molecule has 1 saturated heterocycles. The number of aryl methyl sites for hydroxylation is 1. The summed E-state index contributed by atoms with van der Waals surface area (Å²) in [6, 6.07) is 7.14. The van der Waals surface area contributed by atoms with Crippen molar-refractivity contribution in [3.8, 4) is 0 Å². The van der Waals surface area contributed by atoms with Gasteiger partial charge in [0.25, 0.3) is 0 Å². The lowest BCUT2D eigenvalue weighted by Crippen LogP contribution is -2.49. The second kappa shape index (κ2) is 6.61. The van der Waals surface area contributed by atoms with Crippen molar-refractivity contribution < 1.29 is 9.59 Å². The van der Waals surface area contributed by atoms with E-state index in [9.17, 15) is 9.59 Å². The van der Waals surface area contributed by atoms with Gasteiger partial charge in [-0.2, -0.15) is 0 Å². The largest absolute Gasteiger partial charge is 0.352 e. The highest BCUT2D eigenvalue weighted by molar-refractivity contribution is 5.94. The molecule has 0 spiro atoms. The van der Waals surface area contributed by atoms with Crippen LogP contribution in [-0.4, -0.2) is 35.5 Å². The van der Waals surface area contributed by atoms with E-state index in [4.69, 9.17) is 0 Å². The highest BCUT2D eigenvalue weighted by Crippen LogP contribution is 2.20. The van der Waals surface area contributed by atoms with Gasteiger partial charge in [0.05, 0.1) is 0 Å². The Balaban J connectivity index is 2.04. The summed E-state index contributed by atoms with van der Waals surface area (Å²) in [6.07, 6.45) is 1.58. The number of nitrogens with zero attached hydrogens (tertiary/aromatic N) is 1. The average molecular weight is 289 g/mol. The summed E-state index contributed by atoms with van der Waals surface area (Å²) in [5, 5.41) is 5.78. The van der Waals surface area contributed by atoms with Gasteiger partial charge in [0.2, 0.25) is 5.91 Å². The van der Waals surface area contributed by atoms with Crippen LogP contribution in [0, 0.1) is 6.92 Å². The fraction of sp³-hybridized carbons (Fsp3) is 0.500. The van der Waals surface area contributed by atoms with Crippen molar-refractivity contribution in [3.05, 3.63) is 29.8 Å². The third-order valence-corrected chi connectivity index (χ3v) is 3.63. The fourth-order valence-corrected chi connectivity index (χ4v) is 2.56. The first-order valence-electron chi connectivity index (χ1n) is 7.42. The summed E-state index contributed by atoms with van der Waals surface area (Å²) < 4.78 is 0. The summed E-state index contributed by atoms with van der Waals surface area (Å²) in [5.74, 6) is -0.0672. The first kappa shape index (κ1) is 15.4. The van der Waals surface area contributed by atoms with Crippen LogP contribution in [0.2, 0.25) is 0 Å². The molecule has 0 unspecified atom stereocenters. The maximum absolute atomic E-state index is 12.4. The maximum Gasteiger partial charge on any atom is 0.322 e. The zero-order valence-corrected chi connectivity index (χ0v) is 12.8. The van der Waals surface area contributed by atoms with Crippen LogP contribution in [0.1, 0.15) is 32.3 Å². The van der Waals surface area contributed by atoms with E-state index in [1.165, 1.54) is 0 Å². The molecule has 5 heteroatoms. The van der Waals surface area contributed by atoms with Gasteiger partial charge in [-0.25, -0.2) is 4.79 Å². The van der Waals surface area contributed by atoms with Crippen molar-refractivity contribution >= 4 is 17.6 Å². The number of likely N-dealkylation sites (tertiary alicyclic amines) is 1. The fourth-order valence-electron chi connectivity index (χ4n) is 2.56. The predicted octanol–water partition coefficient (Wildman–Crippen LogP) is 2.52. The van der Waals surface area contributed by atoms with E-state index in [0.29, 0.717) is 6.54 Å². The van der Waals surface area contributed by atoms with Crippen molar-refractivity contribution in [2.24, 2.45) is 0 Å². The summed E-state index contributed by atoms with van der Waals surface area (Å²) in [4.78, 5) is 26.2. The van der Waals surface area contributed by atoms with Crippen LogP contribution in [0.5, 0.6) is 0 Å². The predicted molar refractivity (Wildman–Crippen MR) is 83.2 cm³/mol. The van der Waals surface area contributed by atoms with Crippen LogP contribution in [0.25, 0.3) is 0 Å². The molecule has 1 aliphatic heterocycles. The maximum atomic E-state index is 12.4. The minimum Gasteiger partial charge on any atom is -0.352 e. The third kappa shape index (κ3) is 3.74. The molecule has 1 atom stereocenters. The van der Waals surface area contributed by atoms with Crippen LogP contribution < -0.4 is 10.6 Å². The Morgan fingerprint density at radius 1 is 1.29 bits per heavy atom. The van der Waals surface area contributed by atoms with E-state index >= 15 is 0 Å². The molecule has 1 aromatic rings. The van der Waals surface area contributed by atoms with E-state index < -0.39 is 0 Å². The minimum atomic E-state index is -0.364. The number of hydrogen-bond donors (Lipinski definition) is 2. The molecule has 1 fully saturated rings. The molecule has 0 saturated carbocycles. The third-order valence-electron chi connectivity index (χ3n) is 3.63. The van der Waals surface area contributed by atoms with E-state index in [2.05, 4.69) is 10.6 Å². The number of rotatable bonds is 3.